The first-order chi connectivity index (χ1) is 7.85. The average Bonchev–Trinajstić information content (AvgIpc) is 2.22. The zero-order valence-corrected chi connectivity index (χ0v) is 11.0. The summed E-state index contributed by atoms with van der Waals surface area (Å²) in [5.41, 5.74) is 9.63. The fourth-order valence-corrected chi connectivity index (χ4v) is 2.11. The smallest absolute Gasteiger partial charge is 0.210 e. The molecule has 0 unspecified atom stereocenters. The molecule has 0 heterocycles. The van der Waals surface area contributed by atoms with E-state index in [9.17, 15) is 8.42 Å². The Kier molecular flexibility index (Phi) is 6.14. The molecule has 0 aromatic heterocycles. The number of rotatable bonds is 5. The van der Waals surface area contributed by atoms with Crippen LogP contribution in [0.15, 0.2) is 12.1 Å². The summed E-state index contributed by atoms with van der Waals surface area (Å²) in [5.74, 6) is -0.0838. The van der Waals surface area contributed by atoms with E-state index in [0.29, 0.717) is 6.54 Å². The van der Waals surface area contributed by atoms with E-state index in [1.807, 2.05) is 26.0 Å². The quantitative estimate of drug-likeness (QED) is 0.708. The Balaban J connectivity index is 0.00000289. The maximum absolute atomic E-state index is 10.8. The summed E-state index contributed by atoms with van der Waals surface area (Å²) in [6.45, 7) is 4.29. The van der Waals surface area contributed by atoms with Crippen LogP contribution >= 0.6 is 0 Å². The molecule has 0 bridgehead atoms. The molecule has 0 saturated carbocycles. The third-order valence-electron chi connectivity index (χ3n) is 2.70. The molecule has 1 rings (SSSR count). The van der Waals surface area contributed by atoms with Gasteiger partial charge in [0.15, 0.2) is 0 Å². The van der Waals surface area contributed by atoms with Crippen molar-refractivity contribution in [2.45, 2.75) is 27.7 Å². The second-order valence-corrected chi connectivity index (χ2v) is 5.69. The molecule has 0 radical (unpaired) electrons. The van der Waals surface area contributed by atoms with Crippen molar-refractivity contribution >= 4 is 21.4 Å². The summed E-state index contributed by atoms with van der Waals surface area (Å²) >= 11 is 0. The van der Waals surface area contributed by atoms with Crippen LogP contribution in [0, 0.1) is 6.92 Å². The summed E-state index contributed by atoms with van der Waals surface area (Å²) < 4.78 is 21.6. The zero-order valence-electron chi connectivity index (χ0n) is 10.2. The number of primary sulfonamides is 1. The summed E-state index contributed by atoms with van der Waals surface area (Å²) in [5, 5.41) is 8.01. The van der Waals surface area contributed by atoms with Crippen molar-refractivity contribution in [3.8, 4) is 0 Å². The largest absolute Gasteiger partial charge is 0.399 e. The van der Waals surface area contributed by atoms with Gasteiger partial charge in [0.1, 0.15) is 0 Å². The summed E-state index contributed by atoms with van der Waals surface area (Å²) in [6, 6.07) is 3.68. The number of nitrogen functional groups attached to an aromatic ring is 1. The number of hydrogen-bond acceptors (Lipinski definition) is 4. The minimum absolute atomic E-state index is 0. The molecule has 18 heavy (non-hydrogen) atoms. The number of nitrogens with one attached hydrogen (secondary N) is 1. The lowest BCUT2D eigenvalue weighted by Gasteiger charge is -2.14. The van der Waals surface area contributed by atoms with Crippen molar-refractivity contribution in [3.63, 3.8) is 0 Å². The van der Waals surface area contributed by atoms with E-state index >= 15 is 0 Å². The third-order valence-corrected chi connectivity index (χ3v) is 3.47. The van der Waals surface area contributed by atoms with Crippen LogP contribution < -0.4 is 16.2 Å². The monoisotopic (exact) mass is 273 g/mol. The Morgan fingerprint density at radius 2 is 1.94 bits per heavy atom. The molecule has 104 valence electrons. The van der Waals surface area contributed by atoms with E-state index in [1.54, 1.807) is 0 Å². The minimum atomic E-state index is -3.42. The molecule has 0 aliphatic rings. The van der Waals surface area contributed by atoms with E-state index in [-0.39, 0.29) is 13.2 Å². The topological polar surface area (TPSA) is 98.2 Å². The molecule has 0 spiro atoms. The number of benzene rings is 1. The van der Waals surface area contributed by atoms with Crippen molar-refractivity contribution in [1.29, 1.82) is 0 Å². The maximum atomic E-state index is 10.8. The van der Waals surface area contributed by atoms with Gasteiger partial charge in [0.25, 0.3) is 0 Å². The van der Waals surface area contributed by atoms with Crippen LogP contribution in [-0.4, -0.2) is 20.7 Å². The molecular formula is C12H23N3O2S. The lowest BCUT2D eigenvalue weighted by Crippen LogP contribution is -2.22. The van der Waals surface area contributed by atoms with E-state index in [0.717, 1.165) is 28.9 Å². The Morgan fingerprint density at radius 3 is 2.44 bits per heavy atom. The molecule has 0 aliphatic heterocycles. The van der Waals surface area contributed by atoms with E-state index in [1.165, 1.54) is 0 Å². The van der Waals surface area contributed by atoms with Crippen LogP contribution in [0.25, 0.3) is 0 Å². The van der Waals surface area contributed by atoms with Gasteiger partial charge in [-0.3, -0.25) is 0 Å². The van der Waals surface area contributed by atoms with Gasteiger partial charge >= 0.3 is 0 Å². The second-order valence-electron chi connectivity index (χ2n) is 3.95. The van der Waals surface area contributed by atoms with Crippen LogP contribution in [0.4, 0.5) is 11.4 Å². The van der Waals surface area contributed by atoms with Crippen LogP contribution in [-0.2, 0) is 16.4 Å². The van der Waals surface area contributed by atoms with Gasteiger partial charge in [-0.05, 0) is 36.6 Å². The fourth-order valence-electron chi connectivity index (χ4n) is 1.72. The van der Waals surface area contributed by atoms with Gasteiger partial charge in [0, 0.05) is 17.9 Å². The lowest BCUT2D eigenvalue weighted by molar-refractivity contribution is 0.598. The Labute approximate surface area is 110 Å². The van der Waals surface area contributed by atoms with Gasteiger partial charge in [-0.15, -0.1) is 0 Å². The van der Waals surface area contributed by atoms with Gasteiger partial charge in [-0.2, -0.15) is 0 Å². The first kappa shape index (κ1) is 16.7. The lowest BCUT2D eigenvalue weighted by atomic mass is 10.0. The SMILES string of the molecule is C.CCc1c(NCCS(N)(=O)=O)ccc(N)c1C. The van der Waals surface area contributed by atoms with E-state index in [4.69, 9.17) is 10.9 Å². The molecule has 0 atom stereocenters. The third kappa shape index (κ3) is 4.54. The van der Waals surface area contributed by atoms with Crippen LogP contribution in [0.1, 0.15) is 25.5 Å². The highest BCUT2D eigenvalue weighted by Crippen LogP contribution is 2.24. The first-order valence-electron chi connectivity index (χ1n) is 5.47. The highest BCUT2D eigenvalue weighted by Gasteiger charge is 2.07. The highest BCUT2D eigenvalue weighted by molar-refractivity contribution is 7.89. The van der Waals surface area contributed by atoms with Crippen molar-refractivity contribution < 1.29 is 8.42 Å². The highest BCUT2D eigenvalue weighted by atomic mass is 32.2. The molecule has 0 amide bonds. The molecule has 6 heteroatoms. The van der Waals surface area contributed by atoms with Crippen LogP contribution in [0.5, 0.6) is 0 Å². The van der Waals surface area contributed by atoms with Crippen molar-refractivity contribution in [2.24, 2.45) is 5.14 Å². The Bertz CT molecular complexity index is 498. The van der Waals surface area contributed by atoms with E-state index in [2.05, 4.69) is 5.32 Å². The van der Waals surface area contributed by atoms with Crippen LogP contribution in [0.3, 0.4) is 0 Å². The Hall–Kier alpha value is -1.27. The number of nitrogens with two attached hydrogens (primary N) is 2. The standard InChI is InChI=1S/C11H19N3O2S.CH4/c1-3-9-8(2)10(12)4-5-11(9)14-6-7-17(13,15)16;/h4-5,14H,3,6-7,12H2,1-2H3,(H2,13,15,16);1H4. The molecule has 0 saturated heterocycles. The number of hydrogen-bond donors (Lipinski definition) is 3. The van der Waals surface area contributed by atoms with Gasteiger partial charge in [-0.25, -0.2) is 13.6 Å². The van der Waals surface area contributed by atoms with Gasteiger partial charge in [-0.1, -0.05) is 14.4 Å². The maximum Gasteiger partial charge on any atom is 0.210 e. The minimum Gasteiger partial charge on any atom is -0.399 e. The molecule has 1 aromatic rings. The van der Waals surface area contributed by atoms with Crippen LogP contribution in [0.2, 0.25) is 0 Å². The summed E-state index contributed by atoms with van der Waals surface area (Å²) in [4.78, 5) is 0. The molecule has 0 aliphatic carbocycles. The Morgan fingerprint density at radius 1 is 1.33 bits per heavy atom. The predicted molar refractivity (Wildman–Crippen MR) is 78.2 cm³/mol. The first-order valence-corrected chi connectivity index (χ1v) is 7.19. The van der Waals surface area contributed by atoms with Crippen molar-refractivity contribution in [1.82, 2.24) is 0 Å². The average molecular weight is 273 g/mol. The predicted octanol–water partition coefficient (Wildman–Crippen LogP) is 1.48. The molecule has 1 aromatic carbocycles. The van der Waals surface area contributed by atoms with E-state index < -0.39 is 10.0 Å². The molecular weight excluding hydrogens is 250 g/mol. The fraction of sp³-hybridized carbons (Fsp3) is 0.500. The molecule has 5 nitrogen and oxygen atoms in total. The summed E-state index contributed by atoms with van der Waals surface area (Å²) in [7, 11) is -3.42. The second kappa shape index (κ2) is 6.61. The normalized spacial score (nSPS) is 10.8. The molecule has 0 fully saturated rings. The summed E-state index contributed by atoms with van der Waals surface area (Å²) in [6.07, 6.45) is 0.842. The van der Waals surface area contributed by atoms with Crippen molar-refractivity contribution in [3.05, 3.63) is 23.3 Å². The van der Waals surface area contributed by atoms with Gasteiger partial charge < -0.3 is 11.1 Å². The molecule has 5 N–H and O–H groups in total. The number of sulfonamides is 1. The zero-order chi connectivity index (χ0) is 13.1. The van der Waals surface area contributed by atoms with Gasteiger partial charge in [0.05, 0.1) is 5.75 Å². The number of anilines is 2. The van der Waals surface area contributed by atoms with Gasteiger partial charge in [0.2, 0.25) is 10.0 Å². The van der Waals surface area contributed by atoms with Crippen molar-refractivity contribution in [2.75, 3.05) is 23.3 Å².